The van der Waals surface area contributed by atoms with Crippen LogP contribution in [0.1, 0.15) is 19.5 Å². The van der Waals surface area contributed by atoms with Crippen molar-refractivity contribution in [1.29, 1.82) is 0 Å². The molecule has 1 aromatic heterocycles. The molecule has 0 saturated heterocycles. The van der Waals surface area contributed by atoms with Gasteiger partial charge >= 0.3 is 0 Å². The van der Waals surface area contributed by atoms with Gasteiger partial charge in [0.1, 0.15) is 5.75 Å². The van der Waals surface area contributed by atoms with E-state index in [1.165, 1.54) is 0 Å². The Morgan fingerprint density at radius 2 is 2.06 bits per heavy atom. The van der Waals surface area contributed by atoms with Crippen LogP contribution in [-0.2, 0) is 6.54 Å². The molecule has 94 valence electrons. The van der Waals surface area contributed by atoms with Gasteiger partial charge in [-0.2, -0.15) is 0 Å². The summed E-state index contributed by atoms with van der Waals surface area (Å²) in [6, 6.07) is 13.9. The lowest BCUT2D eigenvalue weighted by Crippen LogP contribution is -2.06. The molecule has 0 unspecified atom stereocenters. The molecule has 2 rings (SSSR count). The molecule has 3 nitrogen and oxygen atoms in total. The van der Waals surface area contributed by atoms with Crippen molar-refractivity contribution in [3.8, 4) is 5.75 Å². The van der Waals surface area contributed by atoms with Gasteiger partial charge in [-0.15, -0.1) is 0 Å². The van der Waals surface area contributed by atoms with Gasteiger partial charge in [0.25, 0.3) is 0 Å². The molecule has 1 heterocycles. The lowest BCUT2D eigenvalue weighted by atomic mass is 10.3. The molecule has 1 aromatic carbocycles. The fraction of sp³-hybridized carbons (Fsp3) is 0.267. The van der Waals surface area contributed by atoms with Crippen molar-refractivity contribution in [2.75, 3.05) is 5.32 Å². The average molecular weight is 242 g/mol. The number of aromatic nitrogens is 1. The van der Waals surface area contributed by atoms with Crippen molar-refractivity contribution in [3.05, 3.63) is 54.4 Å². The summed E-state index contributed by atoms with van der Waals surface area (Å²) in [4.78, 5) is 4.27. The number of anilines is 1. The average Bonchev–Trinajstić information content (AvgIpc) is 2.37. The minimum atomic E-state index is 0.191. The van der Waals surface area contributed by atoms with Crippen molar-refractivity contribution < 1.29 is 4.74 Å². The summed E-state index contributed by atoms with van der Waals surface area (Å²) >= 11 is 0. The van der Waals surface area contributed by atoms with Gasteiger partial charge in [-0.3, -0.25) is 4.98 Å². The van der Waals surface area contributed by atoms with E-state index in [2.05, 4.69) is 10.3 Å². The topological polar surface area (TPSA) is 34.1 Å². The SMILES string of the molecule is CC(C)Oc1cccc(NCc2ccccn2)c1. The molecule has 1 N–H and O–H groups in total. The highest BCUT2D eigenvalue weighted by molar-refractivity contribution is 5.48. The Balaban J connectivity index is 1.97. The Bertz CT molecular complexity index is 483. The lowest BCUT2D eigenvalue weighted by molar-refractivity contribution is 0.242. The van der Waals surface area contributed by atoms with Crippen LogP contribution in [0.25, 0.3) is 0 Å². The van der Waals surface area contributed by atoms with Gasteiger partial charge in [-0.25, -0.2) is 0 Å². The molecule has 0 bridgehead atoms. The third kappa shape index (κ3) is 3.77. The van der Waals surface area contributed by atoms with Crippen molar-refractivity contribution in [2.24, 2.45) is 0 Å². The Hall–Kier alpha value is -2.03. The number of ether oxygens (including phenoxy) is 1. The number of hydrogen-bond acceptors (Lipinski definition) is 3. The summed E-state index contributed by atoms with van der Waals surface area (Å²) in [5, 5.41) is 3.33. The third-order valence-electron chi connectivity index (χ3n) is 2.41. The molecule has 0 atom stereocenters. The van der Waals surface area contributed by atoms with Gasteiger partial charge < -0.3 is 10.1 Å². The fourth-order valence-electron chi connectivity index (χ4n) is 1.65. The summed E-state index contributed by atoms with van der Waals surface area (Å²) in [5.41, 5.74) is 2.06. The number of hydrogen-bond donors (Lipinski definition) is 1. The van der Waals surface area contributed by atoms with E-state index in [1.54, 1.807) is 6.20 Å². The first kappa shape index (κ1) is 12.4. The Morgan fingerprint density at radius 1 is 1.17 bits per heavy atom. The number of benzene rings is 1. The van der Waals surface area contributed by atoms with Crippen molar-refractivity contribution in [2.45, 2.75) is 26.5 Å². The summed E-state index contributed by atoms with van der Waals surface area (Å²) < 4.78 is 5.65. The number of nitrogens with zero attached hydrogens (tertiary/aromatic N) is 1. The predicted octanol–water partition coefficient (Wildman–Crippen LogP) is 3.48. The number of pyridine rings is 1. The monoisotopic (exact) mass is 242 g/mol. The van der Waals surface area contributed by atoms with Crippen molar-refractivity contribution in [3.63, 3.8) is 0 Å². The molecule has 0 aliphatic heterocycles. The van der Waals surface area contributed by atoms with Crippen LogP contribution in [0, 0.1) is 0 Å². The van der Waals surface area contributed by atoms with Crippen LogP contribution in [-0.4, -0.2) is 11.1 Å². The molecule has 0 saturated carbocycles. The van der Waals surface area contributed by atoms with E-state index in [9.17, 15) is 0 Å². The zero-order chi connectivity index (χ0) is 12.8. The van der Waals surface area contributed by atoms with Crippen LogP contribution >= 0.6 is 0 Å². The van der Waals surface area contributed by atoms with Crippen LogP contribution in [0.15, 0.2) is 48.7 Å². The summed E-state index contributed by atoms with van der Waals surface area (Å²) in [7, 11) is 0. The van der Waals surface area contributed by atoms with Crippen LogP contribution in [0.5, 0.6) is 5.75 Å². The Labute approximate surface area is 108 Å². The first-order valence-corrected chi connectivity index (χ1v) is 6.14. The second kappa shape index (κ2) is 6.05. The summed E-state index contributed by atoms with van der Waals surface area (Å²) in [6.07, 6.45) is 1.99. The van der Waals surface area contributed by atoms with Crippen molar-refractivity contribution >= 4 is 5.69 Å². The highest BCUT2D eigenvalue weighted by atomic mass is 16.5. The molecule has 0 spiro atoms. The molecular formula is C15H18N2O. The number of nitrogens with one attached hydrogen (secondary N) is 1. The molecule has 3 heteroatoms. The minimum absolute atomic E-state index is 0.191. The standard InChI is InChI=1S/C15H18N2O/c1-12(2)18-15-8-5-7-13(10-15)17-11-14-6-3-4-9-16-14/h3-10,12,17H,11H2,1-2H3. The highest BCUT2D eigenvalue weighted by Crippen LogP contribution is 2.18. The third-order valence-corrected chi connectivity index (χ3v) is 2.41. The second-order valence-electron chi connectivity index (χ2n) is 4.37. The largest absolute Gasteiger partial charge is 0.491 e. The van der Waals surface area contributed by atoms with Crippen LogP contribution in [0.4, 0.5) is 5.69 Å². The van der Waals surface area contributed by atoms with Gasteiger partial charge in [-0.1, -0.05) is 12.1 Å². The van der Waals surface area contributed by atoms with Gasteiger partial charge in [-0.05, 0) is 38.1 Å². The van der Waals surface area contributed by atoms with E-state index in [0.717, 1.165) is 17.1 Å². The quantitative estimate of drug-likeness (QED) is 0.871. The zero-order valence-electron chi connectivity index (χ0n) is 10.8. The highest BCUT2D eigenvalue weighted by Gasteiger charge is 1.99. The van der Waals surface area contributed by atoms with E-state index >= 15 is 0 Å². The molecule has 2 aromatic rings. The maximum atomic E-state index is 5.65. The first-order chi connectivity index (χ1) is 8.74. The van der Waals surface area contributed by atoms with E-state index in [4.69, 9.17) is 4.74 Å². The molecule has 0 radical (unpaired) electrons. The molecule has 0 amide bonds. The summed E-state index contributed by atoms with van der Waals surface area (Å²) in [6.45, 7) is 4.76. The number of rotatable bonds is 5. The molecular weight excluding hydrogens is 224 g/mol. The van der Waals surface area contributed by atoms with Crippen LogP contribution in [0.2, 0.25) is 0 Å². The van der Waals surface area contributed by atoms with E-state index in [0.29, 0.717) is 6.54 Å². The van der Waals surface area contributed by atoms with E-state index in [1.807, 2.05) is 56.3 Å². The normalized spacial score (nSPS) is 10.4. The summed E-state index contributed by atoms with van der Waals surface area (Å²) in [5.74, 6) is 0.885. The van der Waals surface area contributed by atoms with Crippen molar-refractivity contribution in [1.82, 2.24) is 4.98 Å². The second-order valence-corrected chi connectivity index (χ2v) is 4.37. The zero-order valence-corrected chi connectivity index (χ0v) is 10.8. The molecule has 0 aliphatic carbocycles. The Morgan fingerprint density at radius 3 is 2.78 bits per heavy atom. The first-order valence-electron chi connectivity index (χ1n) is 6.14. The van der Waals surface area contributed by atoms with Crippen LogP contribution in [0.3, 0.4) is 0 Å². The molecule has 18 heavy (non-hydrogen) atoms. The van der Waals surface area contributed by atoms with Gasteiger partial charge in [0.05, 0.1) is 18.3 Å². The molecule has 0 aliphatic rings. The van der Waals surface area contributed by atoms with Crippen LogP contribution < -0.4 is 10.1 Å². The van der Waals surface area contributed by atoms with E-state index in [-0.39, 0.29) is 6.10 Å². The van der Waals surface area contributed by atoms with E-state index < -0.39 is 0 Å². The molecule has 0 fully saturated rings. The predicted molar refractivity (Wildman–Crippen MR) is 73.8 cm³/mol. The fourth-order valence-corrected chi connectivity index (χ4v) is 1.65. The smallest absolute Gasteiger partial charge is 0.121 e. The maximum Gasteiger partial charge on any atom is 0.121 e. The van der Waals surface area contributed by atoms with Gasteiger partial charge in [0.2, 0.25) is 0 Å². The van der Waals surface area contributed by atoms with Gasteiger partial charge in [0.15, 0.2) is 0 Å². The van der Waals surface area contributed by atoms with Gasteiger partial charge in [0, 0.05) is 18.0 Å². The minimum Gasteiger partial charge on any atom is -0.491 e. The Kier molecular flexibility index (Phi) is 4.18. The lowest BCUT2D eigenvalue weighted by Gasteiger charge is -2.11. The maximum absolute atomic E-state index is 5.65.